The molecule has 0 aliphatic heterocycles. The summed E-state index contributed by atoms with van der Waals surface area (Å²) in [6.45, 7) is 14.4. The van der Waals surface area contributed by atoms with Gasteiger partial charge in [0, 0.05) is 0 Å². The number of hydrogen-bond acceptors (Lipinski definition) is 7. The van der Waals surface area contributed by atoms with Crippen LogP contribution in [-0.2, 0) is 14.2 Å². The normalized spacial score (nSPS) is 11.5. The van der Waals surface area contributed by atoms with Crippen molar-refractivity contribution >= 4 is 41.0 Å². The van der Waals surface area contributed by atoms with Crippen LogP contribution in [0.15, 0.2) is 6.58 Å². The summed E-state index contributed by atoms with van der Waals surface area (Å²) in [6, 6.07) is 0. The van der Waals surface area contributed by atoms with Gasteiger partial charge < -0.3 is 14.2 Å². The van der Waals surface area contributed by atoms with E-state index in [4.69, 9.17) is 21.1 Å². The van der Waals surface area contributed by atoms with Crippen LogP contribution in [0, 0.1) is 5.82 Å². The Hall–Kier alpha value is -2.68. The van der Waals surface area contributed by atoms with Crippen LogP contribution in [0.3, 0.4) is 0 Å². The number of imide groups is 1. The topological polar surface area (TPSA) is 95.0 Å². The number of carbonyl (C=O) groups is 3. The van der Waals surface area contributed by atoms with E-state index in [2.05, 4.69) is 16.3 Å². The molecule has 1 aromatic heterocycles. The van der Waals surface area contributed by atoms with Crippen molar-refractivity contribution in [2.24, 2.45) is 0 Å². The Bertz CT molecular complexity index is 859. The molecule has 166 valence electrons. The molecular formula is C20H26ClFN2O6. The van der Waals surface area contributed by atoms with Crippen LogP contribution in [0.4, 0.5) is 19.7 Å². The van der Waals surface area contributed by atoms with Crippen LogP contribution in [0.2, 0.25) is 5.02 Å². The molecule has 0 radical (unpaired) electrons. The van der Waals surface area contributed by atoms with Crippen LogP contribution in [0.1, 0.15) is 64.6 Å². The molecular weight excluding hydrogens is 419 g/mol. The molecule has 10 heteroatoms. The molecule has 0 aliphatic carbocycles. The summed E-state index contributed by atoms with van der Waals surface area (Å²) in [5, 5.41) is -0.624. The second kappa shape index (κ2) is 8.99. The number of hydrogen-bond donors (Lipinski definition) is 0. The summed E-state index contributed by atoms with van der Waals surface area (Å²) in [4.78, 5) is 41.9. The van der Waals surface area contributed by atoms with E-state index in [-0.39, 0.29) is 16.2 Å². The summed E-state index contributed by atoms with van der Waals surface area (Å²) in [5.74, 6) is -2.16. The Labute approximate surface area is 179 Å². The third-order valence-electron chi connectivity index (χ3n) is 3.21. The molecule has 1 rings (SSSR count). The zero-order valence-electron chi connectivity index (χ0n) is 18.3. The van der Waals surface area contributed by atoms with Crippen molar-refractivity contribution in [2.45, 2.75) is 59.7 Å². The number of halogens is 2. The molecule has 0 bridgehead atoms. The lowest BCUT2D eigenvalue weighted by molar-refractivity contribution is 0.0426. The smallest absolute Gasteiger partial charge is 0.424 e. The van der Waals surface area contributed by atoms with Crippen molar-refractivity contribution < 1.29 is 33.0 Å². The van der Waals surface area contributed by atoms with Gasteiger partial charge in [-0.1, -0.05) is 18.2 Å². The van der Waals surface area contributed by atoms with Crippen LogP contribution in [0.5, 0.6) is 0 Å². The first-order valence-corrected chi connectivity index (χ1v) is 9.27. The lowest BCUT2D eigenvalue weighted by atomic mass is 10.1. The second-order valence-electron chi connectivity index (χ2n) is 8.35. The predicted molar refractivity (Wildman–Crippen MR) is 110 cm³/mol. The summed E-state index contributed by atoms with van der Waals surface area (Å²) in [5.41, 5.74) is -3.60. The van der Waals surface area contributed by atoms with E-state index in [9.17, 15) is 14.4 Å². The minimum Gasteiger partial charge on any atom is -0.464 e. The Kier molecular flexibility index (Phi) is 7.60. The van der Waals surface area contributed by atoms with E-state index < -0.39 is 51.6 Å². The largest absolute Gasteiger partial charge is 0.464 e. The number of amides is 2. The van der Waals surface area contributed by atoms with E-state index in [1.54, 1.807) is 41.5 Å². The number of anilines is 1. The number of allylic oxidation sites excluding steroid dienone is 1. The summed E-state index contributed by atoms with van der Waals surface area (Å²) in [7, 11) is 1.07. The Morgan fingerprint density at radius 1 is 1.00 bits per heavy atom. The van der Waals surface area contributed by atoms with Crippen molar-refractivity contribution in [2.75, 3.05) is 12.0 Å². The maximum Gasteiger partial charge on any atom is 0.424 e. The highest BCUT2D eigenvalue weighted by Crippen LogP contribution is 2.37. The van der Waals surface area contributed by atoms with Gasteiger partial charge in [-0.25, -0.2) is 23.8 Å². The van der Waals surface area contributed by atoms with Crippen molar-refractivity contribution in [3.63, 3.8) is 0 Å². The fourth-order valence-electron chi connectivity index (χ4n) is 2.11. The molecule has 0 aromatic carbocycles. The van der Waals surface area contributed by atoms with E-state index >= 15 is 4.39 Å². The molecule has 0 saturated carbocycles. The number of carbonyl (C=O) groups excluding carboxylic acids is 3. The van der Waals surface area contributed by atoms with Gasteiger partial charge in [0.2, 0.25) is 0 Å². The van der Waals surface area contributed by atoms with E-state index in [0.29, 0.717) is 0 Å². The van der Waals surface area contributed by atoms with Crippen molar-refractivity contribution in [1.29, 1.82) is 0 Å². The molecule has 0 spiro atoms. The van der Waals surface area contributed by atoms with Gasteiger partial charge in [0.1, 0.15) is 27.6 Å². The molecule has 30 heavy (non-hydrogen) atoms. The minimum atomic E-state index is -1.26. The first-order chi connectivity index (χ1) is 13.5. The van der Waals surface area contributed by atoms with Crippen molar-refractivity contribution in [3.05, 3.63) is 28.8 Å². The Balaban J connectivity index is 3.87. The van der Waals surface area contributed by atoms with Gasteiger partial charge in [-0.15, -0.1) is 0 Å². The van der Waals surface area contributed by atoms with Crippen LogP contribution in [0.25, 0.3) is 5.57 Å². The van der Waals surface area contributed by atoms with Gasteiger partial charge in [-0.2, -0.15) is 4.90 Å². The number of aromatic nitrogens is 1. The van der Waals surface area contributed by atoms with E-state index in [0.717, 1.165) is 7.11 Å². The third-order valence-corrected chi connectivity index (χ3v) is 3.57. The van der Waals surface area contributed by atoms with Crippen LogP contribution >= 0.6 is 11.6 Å². The highest BCUT2D eigenvalue weighted by atomic mass is 35.5. The van der Waals surface area contributed by atoms with Gasteiger partial charge >= 0.3 is 18.2 Å². The standard InChI is InChI=1S/C20H26ClFN2O6/c1-10(2)13-12(22)15(11(21)14(23-13)16(25)28-9)24(17(26)29-19(3,4)5)18(27)30-20(6,7)8/h1H2,2-9H3. The quantitative estimate of drug-likeness (QED) is 0.456. The average Bonchev–Trinajstić information content (AvgIpc) is 2.54. The van der Waals surface area contributed by atoms with Gasteiger partial charge in [0.15, 0.2) is 11.5 Å². The zero-order chi connectivity index (χ0) is 23.6. The molecule has 0 atom stereocenters. The second-order valence-corrected chi connectivity index (χ2v) is 8.73. The Morgan fingerprint density at radius 2 is 1.43 bits per heavy atom. The molecule has 1 aromatic rings. The zero-order valence-corrected chi connectivity index (χ0v) is 19.1. The Morgan fingerprint density at radius 3 is 1.77 bits per heavy atom. The molecule has 0 aliphatic rings. The first kappa shape index (κ1) is 25.4. The van der Waals surface area contributed by atoms with Crippen LogP contribution < -0.4 is 4.90 Å². The fourth-order valence-corrected chi connectivity index (χ4v) is 2.40. The summed E-state index contributed by atoms with van der Waals surface area (Å²) >= 11 is 6.20. The lowest BCUT2D eigenvalue weighted by Crippen LogP contribution is -2.44. The molecule has 2 amide bonds. The predicted octanol–water partition coefficient (Wildman–Crippen LogP) is 5.37. The fraction of sp³-hybridized carbons (Fsp3) is 0.500. The molecule has 1 heterocycles. The van der Waals surface area contributed by atoms with Gasteiger partial charge in [0.25, 0.3) is 0 Å². The van der Waals surface area contributed by atoms with Crippen molar-refractivity contribution in [3.8, 4) is 0 Å². The summed E-state index contributed by atoms with van der Waals surface area (Å²) < 4.78 is 30.4. The molecule has 0 fully saturated rings. The SMILES string of the molecule is C=C(C)c1nc(C(=O)OC)c(Cl)c(N(C(=O)OC(C)(C)C)C(=O)OC(C)(C)C)c1F. The monoisotopic (exact) mass is 444 g/mol. The third kappa shape index (κ3) is 6.16. The number of rotatable bonds is 3. The lowest BCUT2D eigenvalue weighted by Gasteiger charge is -2.29. The number of esters is 1. The molecule has 0 saturated heterocycles. The summed E-state index contributed by atoms with van der Waals surface area (Å²) in [6.07, 6.45) is -2.51. The molecule has 0 N–H and O–H groups in total. The molecule has 0 unspecified atom stereocenters. The molecule has 8 nitrogen and oxygen atoms in total. The van der Waals surface area contributed by atoms with Gasteiger partial charge in [0.05, 0.1) is 7.11 Å². The maximum absolute atomic E-state index is 15.4. The highest BCUT2D eigenvalue weighted by molar-refractivity contribution is 6.37. The van der Waals surface area contributed by atoms with Crippen LogP contribution in [-0.4, -0.2) is 41.5 Å². The van der Waals surface area contributed by atoms with E-state index in [1.807, 2.05) is 0 Å². The van der Waals surface area contributed by atoms with Gasteiger partial charge in [-0.3, -0.25) is 0 Å². The number of methoxy groups -OCH3 is 1. The minimum absolute atomic E-state index is 0.115. The van der Waals surface area contributed by atoms with Crippen molar-refractivity contribution in [1.82, 2.24) is 4.98 Å². The van der Waals surface area contributed by atoms with Gasteiger partial charge in [-0.05, 0) is 54.0 Å². The highest BCUT2D eigenvalue weighted by Gasteiger charge is 2.38. The maximum atomic E-state index is 15.4. The number of nitrogens with zero attached hydrogens (tertiary/aromatic N) is 2. The first-order valence-electron chi connectivity index (χ1n) is 8.89. The van der Waals surface area contributed by atoms with E-state index in [1.165, 1.54) is 6.92 Å². The number of pyridine rings is 1. The average molecular weight is 445 g/mol. The number of ether oxygens (including phenoxy) is 3.